The smallest absolute Gasteiger partial charge is 0.340 e. The van der Waals surface area contributed by atoms with Gasteiger partial charge in [0.05, 0.1) is 33.9 Å². The Labute approximate surface area is 213 Å². The molecule has 2 N–H and O–H groups in total. The van der Waals surface area contributed by atoms with Crippen LogP contribution in [0.15, 0.2) is 51.4 Å². The van der Waals surface area contributed by atoms with Crippen LogP contribution in [0, 0.1) is 10.1 Å². The molecular weight excluding hydrogens is 566 g/mol. The number of hydrogen-bond acceptors (Lipinski definition) is 5. The summed E-state index contributed by atoms with van der Waals surface area (Å²) in [6.07, 6.45) is 1.89. The third kappa shape index (κ3) is 4.54. The van der Waals surface area contributed by atoms with E-state index in [0.29, 0.717) is 44.3 Å². The summed E-state index contributed by atoms with van der Waals surface area (Å²) >= 11 is 6.86. The van der Waals surface area contributed by atoms with Gasteiger partial charge in [-0.25, -0.2) is 4.79 Å². The molecule has 0 amide bonds. The molecule has 4 rings (SSSR count). The van der Waals surface area contributed by atoms with Crippen LogP contribution in [0.25, 0.3) is 32.9 Å². The Bertz CT molecular complexity index is 1410. The molecule has 0 saturated carbocycles. The molecule has 0 atom stereocenters. The van der Waals surface area contributed by atoms with Gasteiger partial charge in [0.2, 0.25) is 0 Å². The molecule has 1 heterocycles. The normalized spacial score (nSPS) is 11.2. The van der Waals surface area contributed by atoms with Gasteiger partial charge in [0, 0.05) is 43.4 Å². The van der Waals surface area contributed by atoms with Gasteiger partial charge in [-0.3, -0.25) is 10.1 Å². The second-order valence-corrected chi connectivity index (χ2v) is 9.66. The number of nitro benzene ring substituents is 1. The van der Waals surface area contributed by atoms with Crippen LogP contribution in [0.3, 0.4) is 0 Å². The average Bonchev–Trinajstić information content (AvgIpc) is 3.17. The van der Waals surface area contributed by atoms with Crippen molar-refractivity contribution in [2.75, 3.05) is 18.5 Å². The molecule has 0 fully saturated rings. The van der Waals surface area contributed by atoms with Gasteiger partial charge in [-0.05, 0) is 49.7 Å². The fourth-order valence-corrected chi connectivity index (χ4v) is 4.81. The second kappa shape index (κ2) is 10.1. The summed E-state index contributed by atoms with van der Waals surface area (Å²) in [6.45, 7) is 4.75. The third-order valence-electron chi connectivity index (χ3n) is 5.61. The molecule has 4 aromatic rings. The number of H-pyrrole nitrogens is 1. The number of nitrogens with one attached hydrogen (secondary N) is 2. The van der Waals surface area contributed by atoms with Gasteiger partial charge in [-0.1, -0.05) is 45.2 Å². The predicted molar refractivity (Wildman–Crippen MR) is 143 cm³/mol. The first-order valence-electron chi connectivity index (χ1n) is 11.0. The number of ether oxygens (including phenoxy) is 1. The molecule has 7 nitrogen and oxygen atoms in total. The molecule has 0 bridgehead atoms. The van der Waals surface area contributed by atoms with Gasteiger partial charge in [-0.2, -0.15) is 0 Å². The van der Waals surface area contributed by atoms with Gasteiger partial charge >= 0.3 is 5.97 Å². The largest absolute Gasteiger partial charge is 0.462 e. The number of halogens is 2. The standard InChI is InChI=1S/C25H23Br2N3O4/c1-3-5-10-28-20-13-17(16-8-6-15(27)12-21(16)30(32)33)24-22(23(20)25(31)34-4-2)18-11-14(26)7-9-19(18)29-24/h6-9,11-13,28-29H,3-5,10H2,1-2H3. The first kappa shape index (κ1) is 24.2. The molecule has 0 unspecified atom stereocenters. The number of carbonyl (C=O) groups is 1. The van der Waals surface area contributed by atoms with Gasteiger partial charge in [0.15, 0.2) is 0 Å². The average molecular weight is 589 g/mol. The Kier molecular flexibility index (Phi) is 7.23. The summed E-state index contributed by atoms with van der Waals surface area (Å²) in [5.74, 6) is -0.441. The zero-order valence-electron chi connectivity index (χ0n) is 18.7. The van der Waals surface area contributed by atoms with E-state index in [1.54, 1.807) is 19.1 Å². The minimum absolute atomic E-state index is 0.0288. The lowest BCUT2D eigenvalue weighted by molar-refractivity contribution is -0.384. The zero-order chi connectivity index (χ0) is 24.4. The van der Waals surface area contributed by atoms with Crippen molar-refractivity contribution in [2.45, 2.75) is 26.7 Å². The Morgan fingerprint density at radius 3 is 2.53 bits per heavy atom. The Hall–Kier alpha value is -2.91. The summed E-state index contributed by atoms with van der Waals surface area (Å²) in [5.41, 5.74) is 3.52. The minimum Gasteiger partial charge on any atom is -0.462 e. The van der Waals surface area contributed by atoms with Crippen LogP contribution in [0.1, 0.15) is 37.0 Å². The number of nitrogens with zero attached hydrogens (tertiary/aromatic N) is 1. The summed E-state index contributed by atoms with van der Waals surface area (Å²) in [5, 5.41) is 16.8. The molecule has 0 radical (unpaired) electrons. The number of hydrogen-bond donors (Lipinski definition) is 2. The Morgan fingerprint density at radius 1 is 1.09 bits per heavy atom. The summed E-state index contributed by atoms with van der Waals surface area (Å²) < 4.78 is 6.91. The molecule has 176 valence electrons. The number of unbranched alkanes of at least 4 members (excludes halogenated alkanes) is 1. The fraction of sp³-hybridized carbons (Fsp3) is 0.240. The van der Waals surface area contributed by atoms with Gasteiger partial charge < -0.3 is 15.0 Å². The van der Waals surface area contributed by atoms with Crippen molar-refractivity contribution in [2.24, 2.45) is 0 Å². The van der Waals surface area contributed by atoms with Crippen LogP contribution >= 0.6 is 31.9 Å². The van der Waals surface area contributed by atoms with E-state index in [-0.39, 0.29) is 12.3 Å². The van der Waals surface area contributed by atoms with Crippen molar-refractivity contribution in [1.82, 2.24) is 4.98 Å². The molecule has 0 aliphatic rings. The zero-order valence-corrected chi connectivity index (χ0v) is 21.9. The van der Waals surface area contributed by atoms with Crippen molar-refractivity contribution in [3.05, 3.63) is 67.1 Å². The number of carbonyl (C=O) groups excluding carboxylic acids is 1. The number of benzene rings is 3. The monoisotopic (exact) mass is 587 g/mol. The molecule has 0 aliphatic heterocycles. The fourth-order valence-electron chi connectivity index (χ4n) is 4.10. The van der Waals surface area contributed by atoms with E-state index in [4.69, 9.17) is 4.74 Å². The maximum atomic E-state index is 13.2. The molecule has 0 spiro atoms. The second-order valence-electron chi connectivity index (χ2n) is 7.83. The third-order valence-corrected chi connectivity index (χ3v) is 6.60. The van der Waals surface area contributed by atoms with Gasteiger partial charge in [0.25, 0.3) is 5.69 Å². The lowest BCUT2D eigenvalue weighted by atomic mass is 9.95. The highest BCUT2D eigenvalue weighted by atomic mass is 79.9. The molecular formula is C25H23Br2N3O4. The van der Waals surface area contributed by atoms with Crippen molar-refractivity contribution < 1.29 is 14.5 Å². The molecule has 34 heavy (non-hydrogen) atoms. The SMILES string of the molecule is CCCCNc1cc(-c2ccc(Br)cc2[N+](=O)[O-])c2[nH]c3ccc(Br)cc3c2c1C(=O)OCC. The summed E-state index contributed by atoms with van der Waals surface area (Å²) in [6, 6.07) is 12.6. The summed E-state index contributed by atoms with van der Waals surface area (Å²) in [7, 11) is 0. The van der Waals surface area contributed by atoms with E-state index in [1.807, 2.05) is 24.3 Å². The van der Waals surface area contributed by atoms with E-state index in [2.05, 4.69) is 49.1 Å². The first-order valence-corrected chi connectivity index (χ1v) is 12.6. The Morgan fingerprint density at radius 2 is 1.82 bits per heavy atom. The van der Waals surface area contributed by atoms with E-state index < -0.39 is 10.9 Å². The van der Waals surface area contributed by atoms with Crippen LogP contribution in [-0.2, 0) is 4.74 Å². The molecule has 1 aromatic heterocycles. The predicted octanol–water partition coefficient (Wildman–Crippen LogP) is 7.81. The number of aromatic amines is 1. The van der Waals surface area contributed by atoms with Crippen LogP contribution in [-0.4, -0.2) is 29.0 Å². The lowest BCUT2D eigenvalue weighted by Crippen LogP contribution is -2.12. The topological polar surface area (TPSA) is 97.3 Å². The molecule has 9 heteroatoms. The van der Waals surface area contributed by atoms with E-state index in [1.165, 1.54) is 6.07 Å². The first-order chi connectivity index (χ1) is 16.3. The highest BCUT2D eigenvalue weighted by Gasteiger charge is 2.26. The van der Waals surface area contributed by atoms with Crippen molar-refractivity contribution >= 4 is 71.0 Å². The van der Waals surface area contributed by atoms with Crippen LogP contribution < -0.4 is 5.32 Å². The lowest BCUT2D eigenvalue weighted by Gasteiger charge is -2.16. The number of esters is 1. The summed E-state index contributed by atoms with van der Waals surface area (Å²) in [4.78, 5) is 28.1. The van der Waals surface area contributed by atoms with Crippen molar-refractivity contribution in [3.8, 4) is 11.1 Å². The van der Waals surface area contributed by atoms with Crippen molar-refractivity contribution in [1.29, 1.82) is 0 Å². The van der Waals surface area contributed by atoms with Crippen LogP contribution in [0.2, 0.25) is 0 Å². The molecule has 0 saturated heterocycles. The highest BCUT2D eigenvalue weighted by molar-refractivity contribution is 9.10. The van der Waals surface area contributed by atoms with E-state index >= 15 is 0 Å². The van der Waals surface area contributed by atoms with Crippen LogP contribution in [0.4, 0.5) is 11.4 Å². The number of anilines is 1. The molecule has 3 aromatic carbocycles. The maximum Gasteiger partial charge on any atom is 0.340 e. The van der Waals surface area contributed by atoms with Crippen molar-refractivity contribution in [3.63, 3.8) is 0 Å². The number of aromatic nitrogens is 1. The van der Waals surface area contributed by atoms with Gasteiger partial charge in [0.1, 0.15) is 0 Å². The number of fused-ring (bicyclic) bond motifs is 3. The van der Waals surface area contributed by atoms with E-state index in [9.17, 15) is 14.9 Å². The van der Waals surface area contributed by atoms with Gasteiger partial charge in [-0.15, -0.1) is 0 Å². The maximum absolute atomic E-state index is 13.2. The van der Waals surface area contributed by atoms with E-state index in [0.717, 1.165) is 28.2 Å². The van der Waals surface area contributed by atoms with Crippen LogP contribution in [0.5, 0.6) is 0 Å². The Balaban J connectivity index is 2.14. The highest BCUT2D eigenvalue weighted by Crippen LogP contribution is 2.43. The molecule has 0 aliphatic carbocycles. The quantitative estimate of drug-likeness (QED) is 0.0946. The number of rotatable bonds is 8. The number of nitro groups is 1. The minimum atomic E-state index is -0.441.